The zero-order valence-corrected chi connectivity index (χ0v) is 27.8. The van der Waals surface area contributed by atoms with Crippen molar-refractivity contribution < 1.29 is 24.2 Å². The van der Waals surface area contributed by atoms with Gasteiger partial charge in [-0.2, -0.15) is 0 Å². The van der Waals surface area contributed by atoms with Crippen LogP contribution in [-0.4, -0.2) is 65.7 Å². The normalized spacial score (nSPS) is 19.4. The van der Waals surface area contributed by atoms with Gasteiger partial charge in [0.1, 0.15) is 23.8 Å². The smallest absolute Gasteiger partial charge is 0.228 e. The number of Topliss-reactive ketones (excluding diaryl/α,β-unsaturated/α-hetero) is 1. The molecule has 3 aromatic carbocycles. The van der Waals surface area contributed by atoms with Crippen LogP contribution in [0, 0.1) is 5.41 Å². The quantitative estimate of drug-likeness (QED) is 0.287. The number of ether oxygens (including phenoxy) is 1. The highest BCUT2D eigenvalue weighted by atomic mass is 35.5. The zero-order valence-electron chi connectivity index (χ0n) is 27.1. The number of piperazine rings is 1. The van der Waals surface area contributed by atoms with Crippen molar-refractivity contribution in [1.29, 1.82) is 0 Å². The number of halogens is 1. The van der Waals surface area contributed by atoms with E-state index in [1.807, 2.05) is 51.2 Å². The lowest BCUT2D eigenvalue weighted by Gasteiger charge is -2.37. The number of likely N-dealkylation sites (N-methyl/N-ethyl adjacent to an activating group) is 1. The molecule has 9 nitrogen and oxygen atoms in total. The number of anilines is 2. The van der Waals surface area contributed by atoms with Crippen LogP contribution in [0.4, 0.5) is 11.4 Å². The maximum Gasteiger partial charge on any atom is 0.228 e. The van der Waals surface area contributed by atoms with Crippen molar-refractivity contribution in [3.63, 3.8) is 0 Å². The van der Waals surface area contributed by atoms with Crippen molar-refractivity contribution in [1.82, 2.24) is 9.80 Å². The first kappa shape index (κ1) is 32.6. The molecule has 3 aromatic rings. The largest absolute Gasteiger partial charge is 0.506 e. The first-order valence-electron chi connectivity index (χ1n) is 16.1. The Bertz CT molecular complexity index is 1710. The summed E-state index contributed by atoms with van der Waals surface area (Å²) in [6.45, 7) is 7.21. The summed E-state index contributed by atoms with van der Waals surface area (Å²) in [7, 11) is 2.02. The number of ketones is 1. The van der Waals surface area contributed by atoms with Crippen LogP contribution in [-0.2, 0) is 21.0 Å². The molecule has 0 spiro atoms. The second kappa shape index (κ2) is 13.4. The van der Waals surface area contributed by atoms with Gasteiger partial charge in [-0.05, 0) is 54.3 Å². The molecular formula is C37H41ClN4O5. The zero-order chi connectivity index (χ0) is 33.3. The number of nitrogens with zero attached hydrogens (tertiary/aromatic N) is 3. The number of phenols is 1. The third-order valence-electron chi connectivity index (χ3n) is 9.20. The van der Waals surface area contributed by atoms with Crippen molar-refractivity contribution >= 4 is 40.6 Å². The Kier molecular flexibility index (Phi) is 9.30. The summed E-state index contributed by atoms with van der Waals surface area (Å²) in [5.41, 5.74) is 3.04. The van der Waals surface area contributed by atoms with Crippen LogP contribution in [0.15, 0.2) is 78.0 Å². The lowest BCUT2D eigenvalue weighted by molar-refractivity contribution is -0.134. The molecule has 1 aliphatic carbocycles. The lowest BCUT2D eigenvalue weighted by Crippen LogP contribution is -2.47. The van der Waals surface area contributed by atoms with Crippen molar-refractivity contribution in [3.8, 4) is 11.5 Å². The van der Waals surface area contributed by atoms with Crippen LogP contribution < -0.4 is 15.0 Å². The number of para-hydroxylation sites is 1. The highest BCUT2D eigenvalue weighted by Gasteiger charge is 2.44. The summed E-state index contributed by atoms with van der Waals surface area (Å²) in [6.07, 6.45) is 0.763. The van der Waals surface area contributed by atoms with Gasteiger partial charge in [0.05, 0.1) is 11.7 Å². The van der Waals surface area contributed by atoms with E-state index in [-0.39, 0.29) is 48.0 Å². The number of carbonyl (C=O) groups excluding carboxylic acids is 3. The van der Waals surface area contributed by atoms with E-state index in [0.29, 0.717) is 65.1 Å². The lowest BCUT2D eigenvalue weighted by atomic mass is 9.73. The molecule has 246 valence electrons. The van der Waals surface area contributed by atoms with Gasteiger partial charge in [-0.25, -0.2) is 0 Å². The molecule has 6 rings (SSSR count). The number of phenolic OH excluding ortho intramolecular Hbond substituents is 1. The minimum atomic E-state index is -0.897. The Hall–Kier alpha value is -4.34. The molecule has 1 saturated heterocycles. The minimum Gasteiger partial charge on any atom is -0.506 e. The fraction of sp³-hybridized carbons (Fsp3) is 0.378. The number of allylic oxidation sites excluding steroid dienone is 1. The van der Waals surface area contributed by atoms with Crippen molar-refractivity contribution in [2.24, 2.45) is 5.41 Å². The number of hydrogen-bond donors (Lipinski definition) is 2. The van der Waals surface area contributed by atoms with E-state index in [1.165, 1.54) is 0 Å². The SMILES string of the molecule is CN1CCN(C(=O)CCC(=O)N2c3cccc(O)c3NC3=C(C(=O)CC(C)(C)C3)C2c2ccc(OCc3ccccc3)cc2Cl)CC1. The Morgan fingerprint density at radius 1 is 0.957 bits per heavy atom. The van der Waals surface area contributed by atoms with Gasteiger partial charge in [0.25, 0.3) is 0 Å². The van der Waals surface area contributed by atoms with Crippen molar-refractivity contribution in [3.05, 3.63) is 94.1 Å². The summed E-state index contributed by atoms with van der Waals surface area (Å²) in [5.74, 6) is -0.0347. The van der Waals surface area contributed by atoms with Gasteiger partial charge in [-0.15, -0.1) is 0 Å². The second-order valence-electron chi connectivity index (χ2n) is 13.4. The van der Waals surface area contributed by atoms with E-state index < -0.39 is 6.04 Å². The summed E-state index contributed by atoms with van der Waals surface area (Å²) in [4.78, 5) is 47.2. The third-order valence-corrected chi connectivity index (χ3v) is 9.53. The summed E-state index contributed by atoms with van der Waals surface area (Å²) in [6, 6.07) is 19.2. The van der Waals surface area contributed by atoms with Gasteiger partial charge in [0, 0.05) is 61.7 Å². The van der Waals surface area contributed by atoms with Crippen LogP contribution in [0.25, 0.3) is 0 Å². The number of fused-ring (bicyclic) bond motifs is 1. The Morgan fingerprint density at radius 2 is 1.68 bits per heavy atom. The molecule has 0 aromatic heterocycles. The molecule has 1 atom stereocenters. The first-order chi connectivity index (χ1) is 22.5. The average Bonchev–Trinajstić information content (AvgIpc) is 3.18. The first-order valence-corrected chi connectivity index (χ1v) is 16.5. The predicted molar refractivity (Wildman–Crippen MR) is 183 cm³/mol. The van der Waals surface area contributed by atoms with Gasteiger partial charge in [0.2, 0.25) is 11.8 Å². The number of benzene rings is 3. The van der Waals surface area contributed by atoms with Crippen LogP contribution in [0.3, 0.4) is 0 Å². The van der Waals surface area contributed by atoms with Gasteiger partial charge >= 0.3 is 0 Å². The molecule has 0 radical (unpaired) electrons. The second-order valence-corrected chi connectivity index (χ2v) is 13.8. The molecule has 47 heavy (non-hydrogen) atoms. The average molecular weight is 657 g/mol. The van der Waals surface area contributed by atoms with E-state index >= 15 is 0 Å². The maximum absolute atomic E-state index is 14.4. The van der Waals surface area contributed by atoms with Gasteiger partial charge in [-0.1, -0.05) is 67.9 Å². The summed E-state index contributed by atoms with van der Waals surface area (Å²) >= 11 is 7.02. The van der Waals surface area contributed by atoms with Crippen LogP contribution in [0.2, 0.25) is 5.02 Å². The number of hydrogen-bond acceptors (Lipinski definition) is 7. The molecule has 2 aliphatic heterocycles. The number of aromatic hydroxyl groups is 1. The highest BCUT2D eigenvalue weighted by molar-refractivity contribution is 6.31. The third kappa shape index (κ3) is 7.01. The van der Waals surface area contributed by atoms with E-state index in [1.54, 1.807) is 46.2 Å². The standard InChI is InChI=1S/C37H41ClN4O5/c1-37(2)21-28-34(31(44)22-37)36(26-13-12-25(20-27(26)38)47-23-24-8-5-4-6-9-24)42(29-10-7-11-30(43)35(29)39-28)33(46)15-14-32(45)41-18-16-40(3)17-19-41/h4-13,20,36,39,43H,14-19,21-23H2,1-3H3. The fourth-order valence-corrected chi connectivity index (χ4v) is 7.00. The molecule has 2 N–H and O–H groups in total. The molecule has 3 aliphatic rings. The van der Waals surface area contributed by atoms with Crippen molar-refractivity contribution in [2.45, 2.75) is 52.2 Å². The molecule has 1 fully saturated rings. The summed E-state index contributed by atoms with van der Waals surface area (Å²) < 4.78 is 6.04. The monoisotopic (exact) mass is 656 g/mol. The molecule has 1 unspecified atom stereocenters. The Labute approximate surface area is 280 Å². The number of amides is 2. The molecule has 2 amide bonds. The molecule has 0 bridgehead atoms. The van der Waals surface area contributed by atoms with E-state index in [0.717, 1.165) is 18.7 Å². The van der Waals surface area contributed by atoms with Gasteiger partial charge in [-0.3, -0.25) is 19.3 Å². The van der Waals surface area contributed by atoms with Crippen LogP contribution in [0.1, 0.15) is 56.7 Å². The molecule has 2 heterocycles. The summed E-state index contributed by atoms with van der Waals surface area (Å²) in [5, 5.41) is 14.8. The van der Waals surface area contributed by atoms with E-state index in [9.17, 15) is 19.5 Å². The number of rotatable bonds is 7. The fourth-order valence-electron chi connectivity index (χ4n) is 6.72. The predicted octanol–water partition coefficient (Wildman–Crippen LogP) is 6.32. The van der Waals surface area contributed by atoms with Crippen molar-refractivity contribution in [2.75, 3.05) is 43.4 Å². The number of carbonyl (C=O) groups is 3. The van der Waals surface area contributed by atoms with E-state index in [4.69, 9.17) is 16.3 Å². The molecule has 10 heteroatoms. The Morgan fingerprint density at radius 3 is 2.40 bits per heavy atom. The van der Waals surface area contributed by atoms with Crippen LogP contribution in [0.5, 0.6) is 11.5 Å². The minimum absolute atomic E-state index is 0.0280. The maximum atomic E-state index is 14.4. The Balaban J connectivity index is 1.40. The molecular weight excluding hydrogens is 616 g/mol. The van der Waals surface area contributed by atoms with Crippen LogP contribution >= 0.6 is 11.6 Å². The van der Waals surface area contributed by atoms with Gasteiger partial charge in [0.15, 0.2) is 5.78 Å². The van der Waals surface area contributed by atoms with Gasteiger partial charge < -0.3 is 25.0 Å². The number of nitrogens with one attached hydrogen (secondary N) is 1. The topological polar surface area (TPSA) is 102 Å². The highest BCUT2D eigenvalue weighted by Crippen LogP contribution is 2.51. The molecule has 0 saturated carbocycles. The van der Waals surface area contributed by atoms with E-state index in [2.05, 4.69) is 10.2 Å².